The van der Waals surface area contributed by atoms with Crippen LogP contribution in [0.25, 0.3) is 0 Å². The van der Waals surface area contributed by atoms with Crippen molar-refractivity contribution in [2.24, 2.45) is 0 Å². The third-order valence-corrected chi connectivity index (χ3v) is 6.07. The first-order chi connectivity index (χ1) is 14.5. The maximum absolute atomic E-state index is 13.3. The van der Waals surface area contributed by atoms with Crippen LogP contribution in [0.4, 0.5) is 24.4 Å². The molecule has 0 bridgehead atoms. The summed E-state index contributed by atoms with van der Waals surface area (Å²) in [6, 6.07) is 12.9. The van der Waals surface area contributed by atoms with Gasteiger partial charge >= 0.3 is 6.03 Å². The van der Waals surface area contributed by atoms with E-state index in [0.717, 1.165) is 16.2 Å². The molecule has 2 heterocycles. The number of rotatable bonds is 6. The van der Waals surface area contributed by atoms with E-state index < -0.39 is 12.0 Å². The molecule has 1 saturated heterocycles. The monoisotopic (exact) mass is 448 g/mol. The van der Waals surface area contributed by atoms with Crippen molar-refractivity contribution in [2.75, 3.05) is 30.4 Å². The van der Waals surface area contributed by atoms with E-state index in [-0.39, 0.29) is 6.03 Å². The second-order valence-electron chi connectivity index (χ2n) is 6.57. The number of thiazole rings is 1. The molecule has 0 saturated carbocycles. The molecular formula is C20H18F2N4O2S2. The highest BCUT2D eigenvalue weighted by Gasteiger charge is 2.27. The number of urea groups is 1. The number of nitrogens with zero attached hydrogens (tertiary/aromatic N) is 3. The zero-order valence-electron chi connectivity index (χ0n) is 15.9. The maximum atomic E-state index is 13.3. The summed E-state index contributed by atoms with van der Waals surface area (Å²) >= 11 is 2.60. The smallest absolute Gasteiger partial charge is 0.327 e. The molecule has 2 aromatic carbocycles. The Balaban J connectivity index is 1.36. The van der Waals surface area contributed by atoms with Crippen LogP contribution >= 0.6 is 23.3 Å². The second kappa shape index (κ2) is 8.99. The van der Waals surface area contributed by atoms with Crippen molar-refractivity contribution in [1.29, 1.82) is 0 Å². The van der Waals surface area contributed by atoms with Gasteiger partial charge in [0.05, 0.1) is 6.20 Å². The van der Waals surface area contributed by atoms with Crippen molar-refractivity contribution in [2.45, 2.75) is 11.1 Å². The highest BCUT2D eigenvalue weighted by atomic mass is 32.2. The summed E-state index contributed by atoms with van der Waals surface area (Å²) in [5, 5.41) is 3.51. The molecule has 1 aliphatic rings. The van der Waals surface area contributed by atoms with Gasteiger partial charge in [0.15, 0.2) is 5.13 Å². The van der Waals surface area contributed by atoms with Gasteiger partial charge in [0.25, 0.3) is 0 Å². The molecular weight excluding hydrogens is 430 g/mol. The lowest BCUT2D eigenvalue weighted by molar-refractivity contribution is 0.153. The standard InChI is InChI=1S/C20H18F2N4O2S2/c1-25(15-5-3-7-17(9-15)30-26-11-14(22)12-26)20(27)24-19-23-10-18(29-19)28-16-6-2-4-13(21)8-16/h2-10,14H,11-12H2,1H3,(H,23,24,27). The van der Waals surface area contributed by atoms with Gasteiger partial charge in [-0.3, -0.25) is 10.2 Å². The molecule has 1 fully saturated rings. The minimum atomic E-state index is -0.762. The molecule has 2 amide bonds. The number of ether oxygens (including phenoxy) is 1. The predicted molar refractivity (Wildman–Crippen MR) is 115 cm³/mol. The molecule has 1 N–H and O–H groups in total. The quantitative estimate of drug-likeness (QED) is 0.512. The molecule has 0 radical (unpaired) electrons. The average molecular weight is 449 g/mol. The summed E-state index contributed by atoms with van der Waals surface area (Å²) < 4.78 is 33.7. The number of hydrogen-bond acceptors (Lipinski definition) is 6. The van der Waals surface area contributed by atoms with Gasteiger partial charge in [0, 0.05) is 36.8 Å². The van der Waals surface area contributed by atoms with Crippen LogP contribution in [0.3, 0.4) is 0 Å². The summed E-state index contributed by atoms with van der Waals surface area (Å²) in [5.74, 6) is -0.0459. The van der Waals surface area contributed by atoms with Crippen LogP contribution in [0.5, 0.6) is 10.8 Å². The Labute approximate surface area is 180 Å². The van der Waals surface area contributed by atoms with E-state index >= 15 is 0 Å². The second-order valence-corrected chi connectivity index (χ2v) is 8.73. The summed E-state index contributed by atoms with van der Waals surface area (Å²) in [6.45, 7) is 0.824. The van der Waals surface area contributed by atoms with Crippen LogP contribution in [0.1, 0.15) is 0 Å². The lowest BCUT2D eigenvalue weighted by atomic mass is 10.3. The number of benzene rings is 2. The Kier molecular flexibility index (Phi) is 6.16. The van der Waals surface area contributed by atoms with Crippen molar-refractivity contribution >= 4 is 40.1 Å². The van der Waals surface area contributed by atoms with E-state index in [0.29, 0.717) is 34.7 Å². The summed E-state index contributed by atoms with van der Waals surface area (Å²) in [6.07, 6.45) is 0.704. The van der Waals surface area contributed by atoms with Gasteiger partial charge in [-0.25, -0.2) is 22.9 Å². The van der Waals surface area contributed by atoms with Crippen LogP contribution < -0.4 is 15.0 Å². The van der Waals surface area contributed by atoms with Gasteiger partial charge in [-0.1, -0.05) is 23.5 Å². The van der Waals surface area contributed by atoms with Crippen LogP contribution in [0.2, 0.25) is 0 Å². The largest absolute Gasteiger partial charge is 0.445 e. The lowest BCUT2D eigenvalue weighted by Gasteiger charge is -2.32. The van der Waals surface area contributed by atoms with Crippen molar-refractivity contribution in [3.63, 3.8) is 0 Å². The van der Waals surface area contributed by atoms with Gasteiger partial charge in [-0.2, -0.15) is 0 Å². The molecule has 6 nitrogen and oxygen atoms in total. The van der Waals surface area contributed by atoms with Crippen LogP contribution in [0, 0.1) is 5.82 Å². The van der Waals surface area contributed by atoms with E-state index in [9.17, 15) is 13.6 Å². The summed E-state index contributed by atoms with van der Waals surface area (Å²) in [4.78, 5) is 19.1. The molecule has 3 aromatic rings. The number of carbonyl (C=O) groups excluding carboxylic acids is 1. The minimum Gasteiger partial charge on any atom is -0.445 e. The van der Waals surface area contributed by atoms with Crippen LogP contribution in [0.15, 0.2) is 59.6 Å². The van der Waals surface area contributed by atoms with Gasteiger partial charge in [-0.05, 0) is 42.3 Å². The Bertz CT molecular complexity index is 1040. The molecule has 156 valence electrons. The molecule has 1 aliphatic heterocycles. The fourth-order valence-electron chi connectivity index (χ4n) is 2.66. The minimum absolute atomic E-state index is 0.351. The Morgan fingerprint density at radius 3 is 2.87 bits per heavy atom. The topological polar surface area (TPSA) is 57.7 Å². The number of amides is 2. The summed E-state index contributed by atoms with van der Waals surface area (Å²) in [5.41, 5.74) is 0.697. The molecule has 0 atom stereocenters. The highest BCUT2D eigenvalue weighted by Crippen LogP contribution is 2.32. The normalized spacial score (nSPS) is 14.2. The lowest BCUT2D eigenvalue weighted by Crippen LogP contribution is -2.43. The molecule has 0 spiro atoms. The van der Waals surface area contributed by atoms with Crippen LogP contribution in [-0.4, -0.2) is 41.6 Å². The zero-order valence-corrected chi connectivity index (χ0v) is 17.6. The number of anilines is 2. The number of hydrogen-bond donors (Lipinski definition) is 1. The van der Waals surface area contributed by atoms with Gasteiger partial charge in [0.1, 0.15) is 17.7 Å². The molecule has 0 aliphatic carbocycles. The SMILES string of the molecule is CN(C(=O)Nc1ncc(Oc2cccc(F)c2)s1)c1cccc(SN2CC(F)C2)c1. The Hall–Kier alpha value is -2.69. The fourth-order valence-corrected chi connectivity index (χ4v) is 4.43. The average Bonchev–Trinajstić information content (AvgIpc) is 3.13. The van der Waals surface area contributed by atoms with E-state index in [4.69, 9.17) is 4.74 Å². The zero-order chi connectivity index (χ0) is 21.1. The number of halogens is 2. The molecule has 4 rings (SSSR count). The van der Waals surface area contributed by atoms with Crippen molar-refractivity contribution < 1.29 is 18.3 Å². The summed E-state index contributed by atoms with van der Waals surface area (Å²) in [7, 11) is 1.65. The van der Waals surface area contributed by atoms with Crippen molar-refractivity contribution in [3.05, 3.63) is 60.5 Å². The first-order valence-corrected chi connectivity index (χ1v) is 10.7. The first-order valence-electron chi connectivity index (χ1n) is 9.07. The Morgan fingerprint density at radius 1 is 1.30 bits per heavy atom. The maximum Gasteiger partial charge on any atom is 0.327 e. The predicted octanol–water partition coefficient (Wildman–Crippen LogP) is 5.40. The molecule has 30 heavy (non-hydrogen) atoms. The number of alkyl halides is 1. The Morgan fingerprint density at radius 2 is 2.10 bits per heavy atom. The molecule has 0 unspecified atom stereocenters. The first kappa shape index (κ1) is 20.6. The van der Waals surface area contributed by atoms with Crippen molar-refractivity contribution in [3.8, 4) is 10.8 Å². The third kappa shape index (κ3) is 5.07. The molecule has 1 aromatic heterocycles. The fraction of sp³-hybridized carbons (Fsp3) is 0.200. The number of nitrogens with one attached hydrogen (secondary N) is 1. The van der Waals surface area contributed by atoms with Crippen molar-refractivity contribution in [1.82, 2.24) is 9.29 Å². The highest BCUT2D eigenvalue weighted by molar-refractivity contribution is 7.97. The number of carbonyl (C=O) groups is 1. The van der Waals surface area contributed by atoms with E-state index in [1.54, 1.807) is 19.2 Å². The molecule has 10 heteroatoms. The van der Waals surface area contributed by atoms with Gasteiger partial charge < -0.3 is 4.74 Å². The van der Waals surface area contributed by atoms with Gasteiger partial charge in [0.2, 0.25) is 5.06 Å². The van der Waals surface area contributed by atoms with E-state index in [1.807, 2.05) is 28.6 Å². The van der Waals surface area contributed by atoms with E-state index in [1.165, 1.54) is 35.2 Å². The van der Waals surface area contributed by atoms with E-state index in [2.05, 4.69) is 10.3 Å². The third-order valence-electron chi connectivity index (χ3n) is 4.26. The number of aromatic nitrogens is 1. The van der Waals surface area contributed by atoms with Crippen LogP contribution in [-0.2, 0) is 0 Å². The van der Waals surface area contributed by atoms with Gasteiger partial charge in [-0.15, -0.1) is 0 Å².